The van der Waals surface area contributed by atoms with Crippen LogP contribution >= 0.6 is 0 Å². The SMILES string of the molecule is O=C1CN(C(=O)C2CCOC2)Cc2ccccc2N1. The molecule has 100 valence electrons. The molecular weight excluding hydrogens is 244 g/mol. The van der Waals surface area contributed by atoms with Crippen molar-refractivity contribution in [3.05, 3.63) is 29.8 Å². The third-order valence-electron chi connectivity index (χ3n) is 3.58. The molecule has 1 saturated heterocycles. The van der Waals surface area contributed by atoms with Gasteiger partial charge in [-0.05, 0) is 18.1 Å². The first-order valence-electron chi connectivity index (χ1n) is 6.48. The monoisotopic (exact) mass is 260 g/mol. The Morgan fingerprint density at radius 2 is 2.16 bits per heavy atom. The van der Waals surface area contributed by atoms with Gasteiger partial charge in [0, 0.05) is 18.8 Å². The van der Waals surface area contributed by atoms with Gasteiger partial charge in [-0.3, -0.25) is 9.59 Å². The molecular formula is C14H16N2O3. The lowest BCUT2D eigenvalue weighted by Gasteiger charge is -2.22. The van der Waals surface area contributed by atoms with E-state index in [1.807, 2.05) is 24.3 Å². The fourth-order valence-electron chi connectivity index (χ4n) is 2.55. The van der Waals surface area contributed by atoms with E-state index in [0.29, 0.717) is 19.8 Å². The van der Waals surface area contributed by atoms with Crippen LogP contribution in [0.2, 0.25) is 0 Å². The Balaban J connectivity index is 1.83. The summed E-state index contributed by atoms with van der Waals surface area (Å²) in [4.78, 5) is 25.8. The van der Waals surface area contributed by atoms with E-state index in [2.05, 4.69) is 5.32 Å². The van der Waals surface area contributed by atoms with Gasteiger partial charge in [-0.2, -0.15) is 0 Å². The van der Waals surface area contributed by atoms with Crippen LogP contribution in [-0.2, 0) is 20.9 Å². The number of ether oxygens (including phenoxy) is 1. The smallest absolute Gasteiger partial charge is 0.244 e. The van der Waals surface area contributed by atoms with Gasteiger partial charge < -0.3 is 15.0 Å². The predicted octanol–water partition coefficient (Wildman–Crippen LogP) is 1.00. The van der Waals surface area contributed by atoms with Crippen molar-refractivity contribution in [2.45, 2.75) is 13.0 Å². The maximum absolute atomic E-state index is 12.4. The van der Waals surface area contributed by atoms with Crippen molar-refractivity contribution in [1.82, 2.24) is 4.90 Å². The number of nitrogens with zero attached hydrogens (tertiary/aromatic N) is 1. The Labute approximate surface area is 111 Å². The van der Waals surface area contributed by atoms with E-state index in [1.54, 1.807) is 4.90 Å². The standard InChI is InChI=1S/C14H16N2O3/c17-13-8-16(14(18)11-5-6-19-9-11)7-10-3-1-2-4-12(10)15-13/h1-4,11H,5-9H2,(H,15,17). The summed E-state index contributed by atoms with van der Waals surface area (Å²) in [6, 6.07) is 7.59. The van der Waals surface area contributed by atoms with Gasteiger partial charge in [0.2, 0.25) is 11.8 Å². The molecule has 2 aliphatic heterocycles. The topological polar surface area (TPSA) is 58.6 Å². The van der Waals surface area contributed by atoms with Crippen LogP contribution in [0.5, 0.6) is 0 Å². The van der Waals surface area contributed by atoms with Gasteiger partial charge >= 0.3 is 0 Å². The molecule has 1 aromatic rings. The number of para-hydroxylation sites is 1. The van der Waals surface area contributed by atoms with Crippen LogP contribution in [0, 0.1) is 5.92 Å². The first-order chi connectivity index (χ1) is 9.24. The second-order valence-corrected chi connectivity index (χ2v) is 4.96. The minimum absolute atomic E-state index is 0.0179. The fraction of sp³-hybridized carbons (Fsp3) is 0.429. The van der Waals surface area contributed by atoms with Crippen LogP contribution < -0.4 is 5.32 Å². The molecule has 3 rings (SSSR count). The molecule has 0 aliphatic carbocycles. The third-order valence-corrected chi connectivity index (χ3v) is 3.58. The lowest BCUT2D eigenvalue weighted by atomic mass is 10.1. The lowest BCUT2D eigenvalue weighted by Crippen LogP contribution is -2.39. The fourth-order valence-corrected chi connectivity index (χ4v) is 2.55. The minimum Gasteiger partial charge on any atom is -0.381 e. The van der Waals surface area contributed by atoms with E-state index in [-0.39, 0.29) is 24.3 Å². The Bertz CT molecular complexity index is 509. The van der Waals surface area contributed by atoms with E-state index < -0.39 is 0 Å². The zero-order valence-electron chi connectivity index (χ0n) is 10.6. The van der Waals surface area contributed by atoms with E-state index >= 15 is 0 Å². The van der Waals surface area contributed by atoms with Crippen molar-refractivity contribution in [3.8, 4) is 0 Å². The summed E-state index contributed by atoms with van der Waals surface area (Å²) < 4.78 is 5.25. The molecule has 0 bridgehead atoms. The third kappa shape index (κ3) is 2.46. The second-order valence-electron chi connectivity index (χ2n) is 4.96. The zero-order valence-corrected chi connectivity index (χ0v) is 10.6. The van der Waals surface area contributed by atoms with E-state index in [4.69, 9.17) is 4.74 Å². The van der Waals surface area contributed by atoms with Gasteiger partial charge in [0.05, 0.1) is 12.5 Å². The average Bonchev–Trinajstić information content (AvgIpc) is 2.87. The predicted molar refractivity (Wildman–Crippen MR) is 69.4 cm³/mol. The lowest BCUT2D eigenvalue weighted by molar-refractivity contribution is -0.138. The van der Waals surface area contributed by atoms with Crippen molar-refractivity contribution in [2.24, 2.45) is 5.92 Å². The average molecular weight is 260 g/mol. The number of hydrogen-bond donors (Lipinski definition) is 1. The molecule has 5 nitrogen and oxygen atoms in total. The number of carbonyl (C=O) groups excluding carboxylic acids is 2. The zero-order chi connectivity index (χ0) is 13.2. The van der Waals surface area contributed by atoms with E-state index in [1.165, 1.54) is 0 Å². The van der Waals surface area contributed by atoms with Crippen molar-refractivity contribution < 1.29 is 14.3 Å². The number of carbonyl (C=O) groups is 2. The highest BCUT2D eigenvalue weighted by Crippen LogP contribution is 2.23. The number of benzene rings is 1. The summed E-state index contributed by atoms with van der Waals surface area (Å²) in [5.41, 5.74) is 1.77. The Morgan fingerprint density at radius 3 is 2.95 bits per heavy atom. The van der Waals surface area contributed by atoms with E-state index in [9.17, 15) is 9.59 Å². The molecule has 1 unspecified atom stereocenters. The summed E-state index contributed by atoms with van der Waals surface area (Å²) in [7, 11) is 0. The molecule has 1 aromatic carbocycles. The molecule has 2 aliphatic rings. The molecule has 2 heterocycles. The van der Waals surface area contributed by atoms with Gasteiger partial charge in [0.1, 0.15) is 6.54 Å². The Hall–Kier alpha value is -1.88. The van der Waals surface area contributed by atoms with Crippen molar-refractivity contribution in [3.63, 3.8) is 0 Å². The van der Waals surface area contributed by atoms with Crippen LogP contribution in [0.3, 0.4) is 0 Å². The summed E-state index contributed by atoms with van der Waals surface area (Å²) >= 11 is 0. The largest absolute Gasteiger partial charge is 0.381 e. The number of rotatable bonds is 1. The second kappa shape index (κ2) is 5.01. The van der Waals surface area contributed by atoms with Crippen molar-refractivity contribution >= 4 is 17.5 Å². The molecule has 5 heteroatoms. The maximum Gasteiger partial charge on any atom is 0.244 e. The first kappa shape index (κ1) is 12.2. The van der Waals surface area contributed by atoms with Crippen LogP contribution in [0.25, 0.3) is 0 Å². The Morgan fingerprint density at radius 1 is 1.32 bits per heavy atom. The Kier molecular flexibility index (Phi) is 3.21. The maximum atomic E-state index is 12.4. The van der Waals surface area contributed by atoms with Crippen LogP contribution in [-0.4, -0.2) is 36.5 Å². The number of nitrogens with one attached hydrogen (secondary N) is 1. The first-order valence-corrected chi connectivity index (χ1v) is 6.48. The van der Waals surface area contributed by atoms with Gasteiger partial charge in [-0.25, -0.2) is 0 Å². The molecule has 0 saturated carbocycles. The van der Waals surface area contributed by atoms with Crippen LogP contribution in [0.4, 0.5) is 5.69 Å². The van der Waals surface area contributed by atoms with Crippen molar-refractivity contribution in [2.75, 3.05) is 25.1 Å². The number of hydrogen-bond acceptors (Lipinski definition) is 3. The highest BCUT2D eigenvalue weighted by molar-refractivity contribution is 5.96. The van der Waals surface area contributed by atoms with Crippen molar-refractivity contribution in [1.29, 1.82) is 0 Å². The van der Waals surface area contributed by atoms with Gasteiger partial charge in [0.15, 0.2) is 0 Å². The summed E-state index contributed by atoms with van der Waals surface area (Å²) in [6.45, 7) is 1.69. The summed E-state index contributed by atoms with van der Waals surface area (Å²) in [5, 5.41) is 2.83. The summed E-state index contributed by atoms with van der Waals surface area (Å²) in [5.74, 6) is -0.223. The molecule has 1 N–H and O–H groups in total. The number of amides is 2. The molecule has 19 heavy (non-hydrogen) atoms. The van der Waals surface area contributed by atoms with Crippen LogP contribution in [0.15, 0.2) is 24.3 Å². The van der Waals surface area contributed by atoms with Gasteiger partial charge in [-0.1, -0.05) is 18.2 Å². The molecule has 0 spiro atoms. The molecule has 2 amide bonds. The normalized spacial score (nSPS) is 22.6. The molecule has 0 radical (unpaired) electrons. The van der Waals surface area contributed by atoms with Crippen LogP contribution in [0.1, 0.15) is 12.0 Å². The summed E-state index contributed by atoms with van der Waals surface area (Å²) in [6.07, 6.45) is 0.749. The minimum atomic E-state index is -0.141. The number of fused-ring (bicyclic) bond motifs is 1. The highest BCUT2D eigenvalue weighted by atomic mass is 16.5. The molecule has 1 fully saturated rings. The quantitative estimate of drug-likeness (QED) is 0.819. The number of anilines is 1. The van der Waals surface area contributed by atoms with E-state index in [0.717, 1.165) is 17.7 Å². The highest BCUT2D eigenvalue weighted by Gasteiger charge is 2.30. The molecule has 0 aromatic heterocycles. The van der Waals surface area contributed by atoms with Gasteiger partial charge in [-0.15, -0.1) is 0 Å². The molecule has 1 atom stereocenters. The van der Waals surface area contributed by atoms with Gasteiger partial charge in [0.25, 0.3) is 0 Å².